The zero-order valence-electron chi connectivity index (χ0n) is 21.9. The monoisotopic (exact) mass is 515 g/mol. The van der Waals surface area contributed by atoms with Gasteiger partial charge in [-0.05, 0) is 58.2 Å². The molecule has 1 spiro atoms. The van der Waals surface area contributed by atoms with Crippen LogP contribution in [0.3, 0.4) is 0 Å². The van der Waals surface area contributed by atoms with Crippen LogP contribution in [0.4, 0.5) is 5.69 Å². The number of hydrogen-bond acceptors (Lipinski definition) is 2. The van der Waals surface area contributed by atoms with Gasteiger partial charge < -0.3 is 4.90 Å². The Morgan fingerprint density at radius 3 is 2.00 bits per heavy atom. The van der Waals surface area contributed by atoms with Crippen molar-refractivity contribution in [1.29, 1.82) is 0 Å². The topological polar surface area (TPSA) is 20.3 Å². The molecule has 1 aliphatic heterocycles. The molecule has 1 aliphatic carbocycles. The van der Waals surface area contributed by atoms with E-state index in [-0.39, 0.29) is 5.78 Å². The highest BCUT2D eigenvalue weighted by molar-refractivity contribution is 6.30. The van der Waals surface area contributed by atoms with Crippen LogP contribution in [0.5, 0.6) is 0 Å². The van der Waals surface area contributed by atoms with Crippen molar-refractivity contribution in [3.05, 3.63) is 149 Å². The molecule has 0 N–H and O–H groups in total. The maximum Gasteiger partial charge on any atom is 0.173 e. The van der Waals surface area contributed by atoms with E-state index in [0.717, 1.165) is 33.5 Å². The average Bonchev–Trinajstić information content (AvgIpc) is 3.11. The number of Topliss-reactive ketones (excluding diaryl/α,β-unsaturated/α-hetero) is 1. The van der Waals surface area contributed by atoms with Gasteiger partial charge in [-0.15, -0.1) is 0 Å². The van der Waals surface area contributed by atoms with E-state index in [1.54, 1.807) is 0 Å². The molecule has 188 valence electrons. The minimum atomic E-state index is -0.683. The molecule has 0 radical (unpaired) electrons. The Bertz CT molecular complexity index is 1570. The highest BCUT2D eigenvalue weighted by atomic mass is 35.5. The first-order chi connectivity index (χ1) is 18.3. The summed E-state index contributed by atoms with van der Waals surface area (Å²) < 4.78 is 0. The molecule has 6 rings (SSSR count). The summed E-state index contributed by atoms with van der Waals surface area (Å²) in [6.45, 7) is 4.51. The van der Waals surface area contributed by atoms with Gasteiger partial charge in [-0.2, -0.15) is 0 Å². The highest BCUT2D eigenvalue weighted by Gasteiger charge is 2.62. The van der Waals surface area contributed by atoms with Gasteiger partial charge in [-0.25, -0.2) is 0 Å². The largest absolute Gasteiger partial charge is 0.363 e. The van der Waals surface area contributed by atoms with Gasteiger partial charge >= 0.3 is 0 Å². The molecule has 4 aromatic rings. The molecule has 0 saturated carbocycles. The number of halogens is 1. The lowest BCUT2D eigenvalue weighted by Crippen LogP contribution is -2.61. The summed E-state index contributed by atoms with van der Waals surface area (Å²) in [5, 5.41) is 0.704. The van der Waals surface area contributed by atoms with Crippen LogP contribution in [-0.4, -0.2) is 18.4 Å². The Morgan fingerprint density at radius 1 is 0.789 bits per heavy atom. The van der Waals surface area contributed by atoms with Crippen molar-refractivity contribution in [1.82, 2.24) is 0 Å². The Kier molecular flexibility index (Phi) is 5.89. The van der Waals surface area contributed by atoms with Crippen molar-refractivity contribution in [2.24, 2.45) is 5.92 Å². The quantitative estimate of drug-likeness (QED) is 0.254. The summed E-state index contributed by atoms with van der Waals surface area (Å²) in [5.74, 6) is -0.339. The summed E-state index contributed by atoms with van der Waals surface area (Å²) >= 11 is 6.56. The van der Waals surface area contributed by atoms with E-state index < -0.39 is 16.9 Å². The van der Waals surface area contributed by atoms with Crippen LogP contribution in [0.2, 0.25) is 5.02 Å². The van der Waals surface area contributed by atoms with Crippen LogP contribution >= 0.6 is 11.6 Å². The molecule has 0 bridgehead atoms. The molecule has 0 amide bonds. The summed E-state index contributed by atoms with van der Waals surface area (Å²) in [7, 11) is 2.12. The lowest BCUT2D eigenvalue weighted by Gasteiger charge is -2.52. The highest BCUT2D eigenvalue weighted by Crippen LogP contribution is 2.60. The Morgan fingerprint density at radius 2 is 1.37 bits per heavy atom. The van der Waals surface area contributed by atoms with Gasteiger partial charge in [-0.1, -0.05) is 116 Å². The Balaban J connectivity index is 1.69. The lowest BCUT2D eigenvalue weighted by atomic mass is 9.57. The second-order valence-electron chi connectivity index (χ2n) is 10.8. The summed E-state index contributed by atoms with van der Waals surface area (Å²) in [6.07, 6.45) is 4.56. The standard InChI is InChI=1S/C35H30ClNO/c1-34(2)30-22-28(36)19-20-31(30)37(3)35(34)23-27(24-13-7-4-8-14-24)21-29(25-15-9-5-10-16-25)32(35)33(38)26-17-11-6-12-18-26/h4-23,32H,1-3H3/t32-,35+/m1/s1. The molecular formula is C35H30ClNO. The number of carbonyl (C=O) groups excluding carboxylic acids is 1. The van der Waals surface area contributed by atoms with E-state index in [1.165, 1.54) is 0 Å². The van der Waals surface area contributed by atoms with E-state index in [4.69, 9.17) is 11.6 Å². The molecule has 2 nitrogen and oxygen atoms in total. The summed E-state index contributed by atoms with van der Waals surface area (Å²) in [6, 6.07) is 36.6. The molecule has 0 unspecified atom stereocenters. The first-order valence-electron chi connectivity index (χ1n) is 13.0. The summed E-state index contributed by atoms with van der Waals surface area (Å²) in [5.41, 5.74) is 6.17. The van der Waals surface area contributed by atoms with Crippen LogP contribution in [0.25, 0.3) is 11.1 Å². The molecule has 2 atom stereocenters. The van der Waals surface area contributed by atoms with Gasteiger partial charge in [0, 0.05) is 28.7 Å². The van der Waals surface area contributed by atoms with Crippen molar-refractivity contribution in [2.75, 3.05) is 11.9 Å². The van der Waals surface area contributed by atoms with Gasteiger partial charge in [0.15, 0.2) is 5.78 Å². The third-order valence-electron chi connectivity index (χ3n) is 8.52. The number of ketones is 1. The predicted molar refractivity (Wildman–Crippen MR) is 159 cm³/mol. The van der Waals surface area contributed by atoms with Gasteiger partial charge in [0.25, 0.3) is 0 Å². The average molecular weight is 516 g/mol. The number of allylic oxidation sites excluding steroid dienone is 2. The zero-order valence-corrected chi connectivity index (χ0v) is 22.6. The fraction of sp³-hybridized carbons (Fsp3) is 0.171. The van der Waals surface area contributed by atoms with E-state index in [0.29, 0.717) is 10.6 Å². The molecular weight excluding hydrogens is 486 g/mol. The maximum absolute atomic E-state index is 14.7. The second kappa shape index (κ2) is 9.15. The minimum Gasteiger partial charge on any atom is -0.363 e. The van der Waals surface area contributed by atoms with Crippen molar-refractivity contribution < 1.29 is 4.79 Å². The first kappa shape index (κ1) is 24.5. The van der Waals surface area contributed by atoms with Gasteiger partial charge in [0.2, 0.25) is 0 Å². The van der Waals surface area contributed by atoms with Crippen molar-refractivity contribution in [2.45, 2.75) is 24.8 Å². The smallest absolute Gasteiger partial charge is 0.173 e. The molecule has 0 fully saturated rings. The molecule has 3 heteroatoms. The molecule has 38 heavy (non-hydrogen) atoms. The molecule has 2 aliphatic rings. The number of nitrogens with zero attached hydrogens (tertiary/aromatic N) is 1. The number of carbonyl (C=O) groups is 1. The van der Waals surface area contributed by atoms with Crippen LogP contribution in [0.1, 0.15) is 40.9 Å². The van der Waals surface area contributed by atoms with E-state index in [9.17, 15) is 4.79 Å². The predicted octanol–water partition coefficient (Wildman–Crippen LogP) is 8.49. The fourth-order valence-electron chi connectivity index (χ4n) is 6.61. The van der Waals surface area contributed by atoms with Crippen molar-refractivity contribution in [3.63, 3.8) is 0 Å². The lowest BCUT2D eigenvalue weighted by molar-refractivity contribution is 0.0885. The van der Waals surface area contributed by atoms with E-state index in [2.05, 4.69) is 86.5 Å². The number of fused-ring (bicyclic) bond motifs is 1. The van der Waals surface area contributed by atoms with Crippen LogP contribution in [0, 0.1) is 5.92 Å². The molecule has 4 aromatic carbocycles. The van der Waals surface area contributed by atoms with Crippen LogP contribution < -0.4 is 4.90 Å². The van der Waals surface area contributed by atoms with E-state index in [1.807, 2.05) is 60.7 Å². The maximum atomic E-state index is 14.7. The molecule has 1 heterocycles. The van der Waals surface area contributed by atoms with Crippen LogP contribution in [-0.2, 0) is 5.41 Å². The third-order valence-corrected chi connectivity index (χ3v) is 8.76. The Labute approximate surface area is 229 Å². The number of hydrogen-bond donors (Lipinski definition) is 0. The van der Waals surface area contributed by atoms with Gasteiger partial charge in [0.05, 0.1) is 11.5 Å². The normalized spacial score (nSPS) is 21.6. The van der Waals surface area contributed by atoms with Gasteiger partial charge in [0.1, 0.15) is 0 Å². The van der Waals surface area contributed by atoms with Gasteiger partial charge in [-0.3, -0.25) is 4.79 Å². The minimum absolute atomic E-state index is 0.114. The first-order valence-corrected chi connectivity index (χ1v) is 13.4. The number of rotatable bonds is 4. The summed E-state index contributed by atoms with van der Waals surface area (Å²) in [4.78, 5) is 17.0. The third kappa shape index (κ3) is 3.59. The van der Waals surface area contributed by atoms with Crippen molar-refractivity contribution >= 4 is 34.2 Å². The molecule has 0 aromatic heterocycles. The SMILES string of the molecule is CN1c2ccc(Cl)cc2C(C)(C)[C@@]12C=C(c1ccccc1)C=C(c1ccccc1)[C@@H]2C(=O)c1ccccc1. The zero-order chi connectivity index (χ0) is 26.5. The Hall–Kier alpha value is -3.88. The number of anilines is 1. The number of likely N-dealkylation sites (N-methyl/N-ethyl adjacent to an activating group) is 1. The van der Waals surface area contributed by atoms with E-state index >= 15 is 0 Å². The second-order valence-corrected chi connectivity index (χ2v) is 11.2. The van der Waals surface area contributed by atoms with Crippen molar-refractivity contribution in [3.8, 4) is 0 Å². The van der Waals surface area contributed by atoms with Crippen LogP contribution in [0.15, 0.2) is 121 Å². The fourth-order valence-corrected chi connectivity index (χ4v) is 6.78. The number of benzene rings is 4. The molecule has 0 saturated heterocycles.